The standard InChI is InChI=1S/C24H22N4O8S2.3K.3H/c1-14(22-16(3)26-28(24(22)30)18-7-11-20(12-8-18)38(34,35)36)4-13-21-15(2)25-27(23(21)29)17-5-9-19(10-6-17)37(31,32)33;;;;;;/h4-13,30H,1-3H3,(H,31,32,33)(H,34,35,36);;;;;;/b14-4-,21-13-;;;;;;. The van der Waals surface area contributed by atoms with E-state index in [1.165, 1.54) is 41.1 Å². The fourth-order valence-electron chi connectivity index (χ4n) is 3.85. The van der Waals surface area contributed by atoms with Crippen molar-refractivity contribution in [1.29, 1.82) is 0 Å². The maximum absolute atomic E-state index is 13.0. The molecule has 3 N–H and O–H groups in total. The predicted molar refractivity (Wildman–Crippen MR) is 160 cm³/mol. The summed E-state index contributed by atoms with van der Waals surface area (Å²) < 4.78 is 64.6. The molecule has 17 heteroatoms. The summed E-state index contributed by atoms with van der Waals surface area (Å²) in [6.45, 7) is 5.02. The van der Waals surface area contributed by atoms with Gasteiger partial charge in [0.1, 0.15) is 0 Å². The average Bonchev–Trinajstić information content (AvgIpc) is 3.30. The van der Waals surface area contributed by atoms with Gasteiger partial charge in [0.15, 0.2) is 0 Å². The second-order valence-electron chi connectivity index (χ2n) is 8.37. The SMILES string of the molecule is CC1=NN(c2ccc(S(=O)(=O)O)cc2)C(=O)/C1=C\C=C(\C)c1c(C)nn(-c2ccc(S(=O)(=O)O)cc2)c1O.[KH].[KH].[KH]. The number of anilines is 1. The molecule has 1 aromatic heterocycles. The number of allylic oxidation sites excluding steroid dienone is 3. The van der Waals surface area contributed by atoms with E-state index in [0.29, 0.717) is 33.9 Å². The van der Waals surface area contributed by atoms with E-state index in [9.17, 15) is 26.7 Å². The van der Waals surface area contributed by atoms with Crippen LogP contribution in [-0.4, -0.2) is 207 Å². The van der Waals surface area contributed by atoms with Gasteiger partial charge in [0.2, 0.25) is 5.88 Å². The van der Waals surface area contributed by atoms with Gasteiger partial charge in [-0.25, -0.2) is 4.68 Å². The minimum absolute atomic E-state index is 0. The topological polar surface area (TPSA) is 179 Å². The molecule has 0 radical (unpaired) electrons. The molecule has 4 rings (SSSR count). The first-order valence-corrected chi connectivity index (χ1v) is 13.8. The molecule has 0 spiro atoms. The third kappa shape index (κ3) is 9.18. The molecule has 41 heavy (non-hydrogen) atoms. The van der Waals surface area contributed by atoms with Crippen LogP contribution in [0.2, 0.25) is 0 Å². The molecular weight excluding hydrogens is 654 g/mol. The molecule has 0 atom stereocenters. The normalized spacial score (nSPS) is 14.7. The van der Waals surface area contributed by atoms with E-state index < -0.39 is 26.1 Å². The number of hydrazone groups is 1. The van der Waals surface area contributed by atoms with E-state index in [2.05, 4.69) is 10.2 Å². The van der Waals surface area contributed by atoms with Crippen LogP contribution in [-0.2, 0) is 25.0 Å². The number of rotatable bonds is 6. The number of nitrogens with zero attached hydrogens (tertiary/aromatic N) is 4. The van der Waals surface area contributed by atoms with Gasteiger partial charge in [-0.15, -0.1) is 0 Å². The van der Waals surface area contributed by atoms with Crippen molar-refractivity contribution < 1.29 is 35.8 Å². The number of hydrogen-bond acceptors (Lipinski definition) is 8. The summed E-state index contributed by atoms with van der Waals surface area (Å²) in [5.41, 5.74) is 2.79. The van der Waals surface area contributed by atoms with Crippen molar-refractivity contribution in [3.05, 3.63) is 77.5 Å². The Kier molecular flexibility index (Phi) is 15.4. The quantitative estimate of drug-likeness (QED) is 0.196. The molecule has 2 heterocycles. The summed E-state index contributed by atoms with van der Waals surface area (Å²) in [5.74, 6) is -0.667. The fourth-order valence-corrected chi connectivity index (χ4v) is 4.81. The summed E-state index contributed by atoms with van der Waals surface area (Å²) in [6.07, 6.45) is 3.16. The fraction of sp³-hybridized carbons (Fsp3) is 0.125. The van der Waals surface area contributed by atoms with E-state index in [1.54, 1.807) is 32.9 Å². The first-order chi connectivity index (χ1) is 17.7. The molecule has 0 bridgehead atoms. The molecule has 12 nitrogen and oxygen atoms in total. The Morgan fingerprint density at radius 3 is 1.76 bits per heavy atom. The third-order valence-electron chi connectivity index (χ3n) is 5.75. The summed E-state index contributed by atoms with van der Waals surface area (Å²) in [5, 5.41) is 20.5. The van der Waals surface area contributed by atoms with Crippen LogP contribution in [0.25, 0.3) is 11.3 Å². The van der Waals surface area contributed by atoms with Crippen molar-refractivity contribution in [2.24, 2.45) is 5.10 Å². The second kappa shape index (κ2) is 15.9. The van der Waals surface area contributed by atoms with Gasteiger partial charge in [0, 0.05) is 0 Å². The van der Waals surface area contributed by atoms with Crippen molar-refractivity contribution >= 4 is 197 Å². The molecule has 2 aromatic carbocycles. The number of aromatic hydroxyl groups is 1. The van der Waals surface area contributed by atoms with Gasteiger partial charge in [0.25, 0.3) is 26.1 Å². The van der Waals surface area contributed by atoms with Crippen molar-refractivity contribution in [2.45, 2.75) is 30.6 Å². The second-order valence-corrected chi connectivity index (χ2v) is 11.2. The van der Waals surface area contributed by atoms with Crippen LogP contribution >= 0.6 is 0 Å². The third-order valence-corrected chi connectivity index (χ3v) is 7.49. The molecule has 3 aromatic rings. The molecule has 1 amide bonds. The maximum atomic E-state index is 13.0. The van der Waals surface area contributed by atoms with Gasteiger partial charge in [0.05, 0.1) is 43.7 Å². The van der Waals surface area contributed by atoms with Crippen molar-refractivity contribution in [2.75, 3.05) is 5.01 Å². The Balaban J connectivity index is 0.00000280. The summed E-state index contributed by atoms with van der Waals surface area (Å²) in [4.78, 5) is 12.4. The van der Waals surface area contributed by atoms with Crippen molar-refractivity contribution in [3.63, 3.8) is 0 Å². The predicted octanol–water partition coefficient (Wildman–Crippen LogP) is 1.19. The molecule has 0 unspecified atom stereocenters. The van der Waals surface area contributed by atoms with Gasteiger partial charge >= 0.3 is 154 Å². The van der Waals surface area contributed by atoms with E-state index in [4.69, 9.17) is 9.11 Å². The number of carbonyl (C=O) groups excluding carboxylic acids is 1. The minimum atomic E-state index is -4.37. The van der Waals surface area contributed by atoms with E-state index >= 15 is 0 Å². The molecule has 1 aliphatic rings. The molecule has 204 valence electrons. The van der Waals surface area contributed by atoms with E-state index in [0.717, 1.165) is 17.1 Å². The zero-order valence-electron chi connectivity index (χ0n) is 20.3. The molecule has 1 aliphatic heterocycles. The van der Waals surface area contributed by atoms with Crippen LogP contribution in [0.3, 0.4) is 0 Å². The van der Waals surface area contributed by atoms with Crippen LogP contribution in [0, 0.1) is 6.92 Å². The van der Waals surface area contributed by atoms with Crippen LogP contribution in [0.5, 0.6) is 5.88 Å². The van der Waals surface area contributed by atoms with Crippen LogP contribution < -0.4 is 5.01 Å². The molecule has 0 saturated carbocycles. The Morgan fingerprint density at radius 2 is 1.29 bits per heavy atom. The Hall–Kier alpha value is 0.799. The molecular formula is C24H25K3N4O8S2. The van der Waals surface area contributed by atoms with Crippen molar-refractivity contribution in [1.82, 2.24) is 9.78 Å². The van der Waals surface area contributed by atoms with Gasteiger partial charge in [-0.1, -0.05) is 6.08 Å². The van der Waals surface area contributed by atoms with Crippen LogP contribution in [0.4, 0.5) is 5.69 Å². The summed E-state index contributed by atoms with van der Waals surface area (Å²) in [6, 6.07) is 10.2. The number of carbonyl (C=O) groups is 1. The first kappa shape index (κ1) is 39.8. The molecule has 0 saturated heterocycles. The monoisotopic (exact) mass is 678 g/mol. The van der Waals surface area contributed by atoms with Gasteiger partial charge in [-0.05, 0) is 81.0 Å². The number of benzene rings is 2. The molecule has 0 aliphatic carbocycles. The summed E-state index contributed by atoms with van der Waals surface area (Å²) in [7, 11) is -8.74. The zero-order valence-corrected chi connectivity index (χ0v) is 21.9. The Morgan fingerprint density at radius 1 is 0.829 bits per heavy atom. The van der Waals surface area contributed by atoms with Gasteiger partial charge in [-0.3, -0.25) is 13.9 Å². The van der Waals surface area contributed by atoms with E-state index in [1.807, 2.05) is 0 Å². The number of aromatic nitrogens is 2. The Bertz CT molecular complexity index is 1770. The first-order valence-electron chi connectivity index (χ1n) is 10.9. The van der Waals surface area contributed by atoms with Gasteiger partial charge < -0.3 is 5.11 Å². The number of amides is 1. The summed E-state index contributed by atoms with van der Waals surface area (Å²) >= 11 is 0. The van der Waals surface area contributed by atoms with Gasteiger partial charge in [-0.2, -0.15) is 32.0 Å². The van der Waals surface area contributed by atoms with E-state index in [-0.39, 0.29) is 175 Å². The Labute approximate surface area is 365 Å². The number of hydrogen-bond donors (Lipinski definition) is 3. The van der Waals surface area contributed by atoms with Crippen molar-refractivity contribution in [3.8, 4) is 11.6 Å². The van der Waals surface area contributed by atoms with Crippen LogP contribution in [0.1, 0.15) is 25.1 Å². The molecule has 0 fully saturated rings. The average molecular weight is 679 g/mol. The zero-order chi connectivity index (χ0) is 28.0. The number of aryl methyl sites for hydroxylation is 1. The van der Waals surface area contributed by atoms with Crippen LogP contribution in [0.15, 0.2) is 81.1 Å².